The van der Waals surface area contributed by atoms with Crippen LogP contribution in [0.3, 0.4) is 0 Å². The van der Waals surface area contributed by atoms with Crippen LogP contribution in [-0.2, 0) is 0 Å². The zero-order valence-electron chi connectivity index (χ0n) is 11.8. The molecular formula is C19H13BrN2. The van der Waals surface area contributed by atoms with Crippen LogP contribution in [0.25, 0.3) is 28.0 Å². The number of benzene rings is 2. The minimum atomic E-state index is 0.949. The summed E-state index contributed by atoms with van der Waals surface area (Å²) >= 11 is 3.52. The van der Waals surface area contributed by atoms with Gasteiger partial charge in [-0.15, -0.1) is 0 Å². The molecule has 0 aliphatic rings. The second kappa shape index (κ2) is 5.43. The SMILES string of the molecule is Brc1ccc2ncc(-c3ccc(-c4ccccc4)cc3)n2c1. The van der Waals surface area contributed by atoms with Crippen molar-refractivity contribution in [1.82, 2.24) is 9.38 Å². The Morgan fingerprint density at radius 2 is 1.41 bits per heavy atom. The summed E-state index contributed by atoms with van der Waals surface area (Å²) in [4.78, 5) is 4.46. The highest BCUT2D eigenvalue weighted by molar-refractivity contribution is 9.10. The lowest BCUT2D eigenvalue weighted by Gasteiger charge is -2.05. The number of hydrogen-bond donors (Lipinski definition) is 0. The third-order valence-corrected chi connectivity index (χ3v) is 4.23. The molecule has 0 bridgehead atoms. The molecule has 4 aromatic rings. The first-order chi connectivity index (χ1) is 10.8. The molecule has 2 aromatic carbocycles. The van der Waals surface area contributed by atoms with E-state index in [0.717, 1.165) is 21.4 Å². The average molecular weight is 349 g/mol. The maximum atomic E-state index is 4.46. The van der Waals surface area contributed by atoms with Gasteiger partial charge >= 0.3 is 0 Å². The summed E-state index contributed by atoms with van der Waals surface area (Å²) in [6.07, 6.45) is 3.96. The summed E-state index contributed by atoms with van der Waals surface area (Å²) in [5.41, 5.74) is 5.65. The molecule has 106 valence electrons. The number of pyridine rings is 1. The van der Waals surface area contributed by atoms with Crippen molar-refractivity contribution in [2.45, 2.75) is 0 Å². The molecule has 3 heteroatoms. The monoisotopic (exact) mass is 348 g/mol. The molecule has 0 aliphatic heterocycles. The van der Waals surface area contributed by atoms with Crippen LogP contribution in [0.5, 0.6) is 0 Å². The van der Waals surface area contributed by atoms with Crippen LogP contribution in [0, 0.1) is 0 Å². The Morgan fingerprint density at radius 3 is 2.18 bits per heavy atom. The van der Waals surface area contributed by atoms with Crippen molar-refractivity contribution in [3.63, 3.8) is 0 Å². The molecule has 0 saturated heterocycles. The topological polar surface area (TPSA) is 17.3 Å². The molecule has 2 nitrogen and oxygen atoms in total. The first kappa shape index (κ1) is 13.3. The van der Waals surface area contributed by atoms with Crippen LogP contribution in [0.4, 0.5) is 0 Å². The van der Waals surface area contributed by atoms with Crippen molar-refractivity contribution < 1.29 is 0 Å². The van der Waals surface area contributed by atoms with Crippen LogP contribution >= 0.6 is 15.9 Å². The third-order valence-electron chi connectivity index (χ3n) is 3.76. The fourth-order valence-electron chi connectivity index (χ4n) is 2.63. The van der Waals surface area contributed by atoms with Gasteiger partial charge < -0.3 is 0 Å². The zero-order valence-corrected chi connectivity index (χ0v) is 13.4. The molecule has 0 unspecified atom stereocenters. The third kappa shape index (κ3) is 2.34. The minimum Gasteiger partial charge on any atom is -0.299 e. The second-order valence-electron chi connectivity index (χ2n) is 5.16. The summed E-state index contributed by atoms with van der Waals surface area (Å²) < 4.78 is 3.14. The van der Waals surface area contributed by atoms with Gasteiger partial charge in [-0.2, -0.15) is 0 Å². The Labute approximate surface area is 137 Å². The number of imidazole rings is 1. The molecule has 0 aliphatic carbocycles. The molecule has 2 aromatic heterocycles. The summed E-state index contributed by atoms with van der Waals surface area (Å²) in [7, 11) is 0. The van der Waals surface area contributed by atoms with Crippen LogP contribution in [0.15, 0.2) is 83.6 Å². The Balaban J connectivity index is 1.78. The number of hydrogen-bond acceptors (Lipinski definition) is 1. The van der Waals surface area contributed by atoms with Gasteiger partial charge in [0.25, 0.3) is 0 Å². The van der Waals surface area contributed by atoms with Gasteiger partial charge in [0.15, 0.2) is 0 Å². The van der Waals surface area contributed by atoms with Crippen LogP contribution < -0.4 is 0 Å². The van der Waals surface area contributed by atoms with Crippen LogP contribution in [-0.4, -0.2) is 9.38 Å². The average Bonchev–Trinajstić information content (AvgIpc) is 2.99. The highest BCUT2D eigenvalue weighted by Crippen LogP contribution is 2.26. The Hall–Kier alpha value is -2.39. The van der Waals surface area contributed by atoms with Gasteiger partial charge in [0.2, 0.25) is 0 Å². The van der Waals surface area contributed by atoms with E-state index in [1.54, 1.807) is 0 Å². The summed E-state index contributed by atoms with van der Waals surface area (Å²) in [5, 5.41) is 0. The first-order valence-corrected chi connectivity index (χ1v) is 7.89. The fraction of sp³-hybridized carbons (Fsp3) is 0. The van der Waals surface area contributed by atoms with Gasteiger partial charge in [0.1, 0.15) is 5.65 Å². The van der Waals surface area contributed by atoms with Gasteiger partial charge in [0.05, 0.1) is 11.9 Å². The van der Waals surface area contributed by atoms with E-state index in [1.165, 1.54) is 11.1 Å². The molecule has 0 amide bonds. The predicted octanol–water partition coefficient (Wildman–Crippen LogP) is 5.43. The van der Waals surface area contributed by atoms with E-state index in [4.69, 9.17) is 0 Å². The van der Waals surface area contributed by atoms with E-state index in [-0.39, 0.29) is 0 Å². The van der Waals surface area contributed by atoms with E-state index in [0.29, 0.717) is 0 Å². The molecule has 0 radical (unpaired) electrons. The van der Waals surface area contributed by atoms with E-state index < -0.39 is 0 Å². The number of fused-ring (bicyclic) bond motifs is 1. The van der Waals surface area contributed by atoms with Crippen molar-refractivity contribution in [3.8, 4) is 22.4 Å². The van der Waals surface area contributed by atoms with Crippen molar-refractivity contribution in [2.75, 3.05) is 0 Å². The zero-order chi connectivity index (χ0) is 14.9. The summed E-state index contributed by atoms with van der Waals surface area (Å²) in [6.45, 7) is 0. The van der Waals surface area contributed by atoms with Crippen LogP contribution in [0.2, 0.25) is 0 Å². The van der Waals surface area contributed by atoms with Gasteiger partial charge in [-0.05, 0) is 39.2 Å². The standard InChI is InChI=1S/C19H13BrN2/c20-17-10-11-19-21-12-18(22(19)13-17)16-8-6-15(7-9-16)14-4-2-1-3-5-14/h1-13H. The Morgan fingerprint density at radius 1 is 0.727 bits per heavy atom. The largest absolute Gasteiger partial charge is 0.299 e. The fourth-order valence-corrected chi connectivity index (χ4v) is 2.97. The Bertz CT molecular complexity index is 925. The second-order valence-corrected chi connectivity index (χ2v) is 6.08. The normalized spacial score (nSPS) is 11.0. The van der Waals surface area contributed by atoms with Gasteiger partial charge in [-0.3, -0.25) is 4.40 Å². The molecule has 0 saturated carbocycles. The quantitative estimate of drug-likeness (QED) is 0.472. The van der Waals surface area contributed by atoms with Crippen molar-refractivity contribution in [3.05, 3.63) is 83.6 Å². The van der Waals surface area contributed by atoms with Crippen molar-refractivity contribution >= 4 is 21.6 Å². The lowest BCUT2D eigenvalue weighted by atomic mass is 10.0. The lowest BCUT2D eigenvalue weighted by Crippen LogP contribution is -1.88. The lowest BCUT2D eigenvalue weighted by molar-refractivity contribution is 1.18. The molecule has 4 rings (SSSR count). The Kier molecular flexibility index (Phi) is 3.28. The molecule has 22 heavy (non-hydrogen) atoms. The maximum Gasteiger partial charge on any atom is 0.137 e. The highest BCUT2D eigenvalue weighted by Gasteiger charge is 2.06. The predicted molar refractivity (Wildman–Crippen MR) is 93.8 cm³/mol. The number of halogens is 1. The molecule has 0 fully saturated rings. The van der Waals surface area contributed by atoms with Crippen molar-refractivity contribution in [2.24, 2.45) is 0 Å². The smallest absolute Gasteiger partial charge is 0.137 e. The molecule has 0 spiro atoms. The van der Waals surface area contributed by atoms with Gasteiger partial charge in [-0.25, -0.2) is 4.98 Å². The first-order valence-electron chi connectivity index (χ1n) is 7.10. The summed E-state index contributed by atoms with van der Waals surface area (Å²) in [6, 6.07) is 23.0. The van der Waals surface area contributed by atoms with Crippen LogP contribution in [0.1, 0.15) is 0 Å². The molecule has 0 N–H and O–H groups in total. The maximum absolute atomic E-state index is 4.46. The summed E-state index contributed by atoms with van der Waals surface area (Å²) in [5.74, 6) is 0. The number of aromatic nitrogens is 2. The molecule has 0 atom stereocenters. The number of nitrogens with zero attached hydrogens (tertiary/aromatic N) is 2. The molecule has 2 heterocycles. The van der Waals surface area contributed by atoms with E-state index in [2.05, 4.69) is 73.8 Å². The number of rotatable bonds is 2. The van der Waals surface area contributed by atoms with Crippen molar-refractivity contribution in [1.29, 1.82) is 0 Å². The highest BCUT2D eigenvalue weighted by atomic mass is 79.9. The van der Waals surface area contributed by atoms with E-state index in [1.807, 2.05) is 30.6 Å². The van der Waals surface area contributed by atoms with E-state index in [9.17, 15) is 0 Å². The van der Waals surface area contributed by atoms with Gasteiger partial charge in [0, 0.05) is 16.2 Å². The van der Waals surface area contributed by atoms with E-state index >= 15 is 0 Å². The minimum absolute atomic E-state index is 0.949. The van der Waals surface area contributed by atoms with Gasteiger partial charge in [-0.1, -0.05) is 54.6 Å². The molecular weight excluding hydrogens is 336 g/mol.